The second kappa shape index (κ2) is 27.1. The van der Waals surface area contributed by atoms with E-state index in [2.05, 4.69) is 38.2 Å². The number of esters is 1. The van der Waals surface area contributed by atoms with Crippen LogP contribution in [-0.2, 0) is 41.5 Å². The number of unbranched alkanes of at least 4 members (excludes halogenated alkanes) is 9. The van der Waals surface area contributed by atoms with Crippen molar-refractivity contribution in [2.24, 2.45) is 5.73 Å². The molecule has 6 rings (SSSR count). The number of nitrogens with two attached hydrogens (primary N) is 1. The molecule has 0 saturated carbocycles. The van der Waals surface area contributed by atoms with Gasteiger partial charge >= 0.3 is 17.7 Å². The first-order chi connectivity index (χ1) is 34.8. The third kappa shape index (κ3) is 15.3. The third-order valence-electron chi connectivity index (χ3n) is 13.3. The second-order valence-electron chi connectivity index (χ2n) is 18.7. The number of aliphatic hydroxyl groups is 1. The molecular weight excluding hydrogens is 923 g/mol. The van der Waals surface area contributed by atoms with Crippen LogP contribution in [0.25, 0.3) is 21.7 Å². The standard InChI is InChI=1S/C53H71N9O10/c1-4-5-6-7-8-9-10-11-12-17-26-71-51(68)43(29-38-32-55-41-21-16-15-20-40(38)41)58-52(69)57-42(28-35-22-23-36-18-13-14-19-37(36)27-35)48(66)60-47(34(2)61(3)46(65)31-54)49(67)56-33-39-30-44(63)50(72-39)62-25-24-45(64)59-53(62)70/h13-16,18-25,27,32,34,39,42-44,47,50,55,63H,4-12,17,26,28-31,33,54H2,1-3H3,(H,56,67)(H,60,66)(H2,57,58,69)(H,59,64,70)/t34-,39+,42-,43-,44+,47-,50+/m0/s1. The lowest BCUT2D eigenvalue weighted by Crippen LogP contribution is -2.62. The Balaban J connectivity index is 1.18. The van der Waals surface area contributed by atoms with Gasteiger partial charge in [-0.2, -0.15) is 0 Å². The van der Waals surface area contributed by atoms with E-state index in [1.165, 1.54) is 56.7 Å². The molecule has 2 aromatic heterocycles. The Kier molecular flexibility index (Phi) is 20.5. The van der Waals surface area contributed by atoms with Gasteiger partial charge in [0.2, 0.25) is 17.7 Å². The molecule has 19 nitrogen and oxygen atoms in total. The number of hydrogen-bond donors (Lipinski definition) is 8. The Bertz CT molecular complexity index is 2720. The van der Waals surface area contributed by atoms with Crippen LogP contribution in [0.3, 0.4) is 0 Å². The number of nitrogens with zero attached hydrogens (tertiary/aromatic N) is 2. The van der Waals surface area contributed by atoms with Crippen molar-refractivity contribution in [1.29, 1.82) is 0 Å². The maximum absolute atomic E-state index is 14.7. The van der Waals surface area contributed by atoms with E-state index in [1.807, 2.05) is 66.7 Å². The van der Waals surface area contributed by atoms with Gasteiger partial charge in [-0.3, -0.25) is 28.7 Å². The van der Waals surface area contributed by atoms with Gasteiger partial charge in [0.05, 0.1) is 25.3 Å². The number of nitrogens with one attached hydrogen (secondary N) is 6. The van der Waals surface area contributed by atoms with Crippen LogP contribution in [0.4, 0.5) is 4.79 Å². The molecule has 19 heteroatoms. The molecule has 388 valence electrons. The second-order valence-corrected chi connectivity index (χ2v) is 18.7. The van der Waals surface area contributed by atoms with Gasteiger partial charge in [0, 0.05) is 62.2 Å². The first-order valence-corrected chi connectivity index (χ1v) is 25.2. The molecule has 3 heterocycles. The van der Waals surface area contributed by atoms with Crippen LogP contribution in [0, 0.1) is 0 Å². The summed E-state index contributed by atoms with van der Waals surface area (Å²) >= 11 is 0. The Labute approximate surface area is 419 Å². The number of para-hydroxylation sites is 1. The van der Waals surface area contributed by atoms with Crippen molar-refractivity contribution < 1.29 is 38.6 Å². The average molecular weight is 994 g/mol. The molecule has 0 unspecified atom stereocenters. The number of ether oxygens (including phenoxy) is 2. The third-order valence-corrected chi connectivity index (χ3v) is 13.3. The quantitative estimate of drug-likeness (QED) is 0.0273. The molecule has 3 aromatic carbocycles. The number of carbonyl (C=O) groups is 5. The smallest absolute Gasteiger partial charge is 0.330 e. The van der Waals surface area contributed by atoms with E-state index in [-0.39, 0.29) is 39.0 Å². The molecule has 5 aromatic rings. The fourth-order valence-electron chi connectivity index (χ4n) is 9.06. The van der Waals surface area contributed by atoms with Crippen LogP contribution in [0.5, 0.6) is 0 Å². The van der Waals surface area contributed by atoms with Crippen LogP contribution in [-0.4, -0.2) is 117 Å². The predicted octanol–water partition coefficient (Wildman–Crippen LogP) is 4.21. The molecule has 1 aliphatic heterocycles. The fraction of sp³-hybridized carbons (Fsp3) is 0.491. The zero-order chi connectivity index (χ0) is 51.6. The van der Waals surface area contributed by atoms with Crippen molar-refractivity contribution in [3.05, 3.63) is 117 Å². The van der Waals surface area contributed by atoms with Crippen LogP contribution in [0.1, 0.15) is 102 Å². The number of aliphatic hydroxyl groups excluding tert-OH is 1. The van der Waals surface area contributed by atoms with E-state index in [0.717, 1.165) is 57.1 Å². The number of amides is 5. The SMILES string of the molecule is CCCCCCCCCCCCOC(=O)[C@H](Cc1c[nH]c2ccccc12)NC(=O)N[C@@H](Cc1ccc2ccccc2c1)C(=O)N[C@H](C(=O)NC[C@H]1C[C@@H](O)[C@H](n2ccc(=O)[nH]c2=O)O1)[C@H](C)N(C)C(=O)CN. The molecule has 1 saturated heterocycles. The zero-order valence-electron chi connectivity index (χ0n) is 41.5. The lowest BCUT2D eigenvalue weighted by Gasteiger charge is -2.33. The van der Waals surface area contributed by atoms with E-state index < -0.39 is 83.6 Å². The van der Waals surface area contributed by atoms with Gasteiger partial charge < -0.3 is 51.5 Å². The lowest BCUT2D eigenvalue weighted by atomic mass is 10.00. The summed E-state index contributed by atoms with van der Waals surface area (Å²) in [6.45, 7) is 3.39. The molecule has 9 N–H and O–H groups in total. The highest BCUT2D eigenvalue weighted by molar-refractivity contribution is 5.94. The minimum absolute atomic E-state index is 0.00960. The highest BCUT2D eigenvalue weighted by atomic mass is 16.5. The molecule has 0 bridgehead atoms. The monoisotopic (exact) mass is 994 g/mol. The number of hydrogen-bond acceptors (Lipinski definition) is 11. The highest BCUT2D eigenvalue weighted by Gasteiger charge is 2.38. The summed E-state index contributed by atoms with van der Waals surface area (Å²) in [6.07, 6.45) is 11.1. The van der Waals surface area contributed by atoms with Gasteiger partial charge in [0.15, 0.2) is 6.23 Å². The molecule has 0 aliphatic carbocycles. The minimum Gasteiger partial charge on any atom is -0.464 e. The summed E-state index contributed by atoms with van der Waals surface area (Å²) in [5, 5.41) is 24.6. The molecule has 1 aliphatic rings. The van der Waals surface area contributed by atoms with Crippen molar-refractivity contribution >= 4 is 51.4 Å². The van der Waals surface area contributed by atoms with Crippen LogP contribution < -0.4 is 38.2 Å². The number of benzene rings is 3. The number of aromatic amines is 2. The fourth-order valence-corrected chi connectivity index (χ4v) is 9.06. The van der Waals surface area contributed by atoms with Crippen molar-refractivity contribution in [1.82, 2.24) is 40.7 Å². The van der Waals surface area contributed by atoms with Gasteiger partial charge in [0.1, 0.15) is 24.2 Å². The van der Waals surface area contributed by atoms with Crippen LogP contribution >= 0.6 is 0 Å². The Morgan fingerprint density at radius 1 is 0.847 bits per heavy atom. The molecular formula is C53H71N9O10. The maximum atomic E-state index is 14.7. The largest absolute Gasteiger partial charge is 0.464 e. The molecule has 5 amide bonds. The summed E-state index contributed by atoms with van der Waals surface area (Å²) in [7, 11) is 1.44. The van der Waals surface area contributed by atoms with Crippen LogP contribution in [0.15, 0.2) is 94.8 Å². The average Bonchev–Trinajstić information content (AvgIpc) is 3.97. The lowest BCUT2D eigenvalue weighted by molar-refractivity contribution is -0.146. The normalized spacial score (nSPS) is 17.2. The molecule has 7 atom stereocenters. The topological polar surface area (TPSA) is 272 Å². The summed E-state index contributed by atoms with van der Waals surface area (Å²) in [5.74, 6) is -2.65. The van der Waals surface area contributed by atoms with Gasteiger partial charge in [-0.15, -0.1) is 0 Å². The number of fused-ring (bicyclic) bond motifs is 2. The van der Waals surface area contributed by atoms with E-state index in [0.29, 0.717) is 12.0 Å². The van der Waals surface area contributed by atoms with Crippen LogP contribution in [0.2, 0.25) is 0 Å². The predicted molar refractivity (Wildman–Crippen MR) is 274 cm³/mol. The number of carbonyl (C=O) groups excluding carboxylic acids is 5. The summed E-state index contributed by atoms with van der Waals surface area (Å²) in [4.78, 5) is 101. The summed E-state index contributed by atoms with van der Waals surface area (Å²) < 4.78 is 12.7. The number of aromatic nitrogens is 3. The number of H-pyrrole nitrogens is 2. The first kappa shape index (κ1) is 54.5. The number of rotatable bonds is 27. The van der Waals surface area contributed by atoms with Crippen molar-refractivity contribution in [3.63, 3.8) is 0 Å². The van der Waals surface area contributed by atoms with Gasteiger partial charge in [-0.1, -0.05) is 125 Å². The van der Waals surface area contributed by atoms with Gasteiger partial charge in [0.25, 0.3) is 5.56 Å². The Morgan fingerprint density at radius 3 is 2.25 bits per heavy atom. The van der Waals surface area contributed by atoms with Gasteiger partial charge in [-0.25, -0.2) is 14.4 Å². The van der Waals surface area contributed by atoms with E-state index in [9.17, 15) is 38.7 Å². The molecule has 72 heavy (non-hydrogen) atoms. The van der Waals surface area contributed by atoms with E-state index in [4.69, 9.17) is 15.2 Å². The van der Waals surface area contributed by atoms with Crippen molar-refractivity contribution in [3.8, 4) is 0 Å². The number of urea groups is 1. The molecule has 0 radical (unpaired) electrons. The van der Waals surface area contributed by atoms with Gasteiger partial charge in [-0.05, 0) is 41.3 Å². The summed E-state index contributed by atoms with van der Waals surface area (Å²) in [6, 6.07) is 16.3. The molecule has 0 spiro atoms. The zero-order valence-corrected chi connectivity index (χ0v) is 41.5. The van der Waals surface area contributed by atoms with E-state index in [1.54, 1.807) is 13.1 Å². The van der Waals surface area contributed by atoms with Crippen molar-refractivity contribution in [2.45, 2.75) is 140 Å². The van der Waals surface area contributed by atoms with E-state index >= 15 is 0 Å². The first-order valence-electron chi connectivity index (χ1n) is 25.2. The Hall–Kier alpha value is -6.83. The minimum atomic E-state index is -1.42. The number of likely N-dealkylation sites (N-methyl/N-ethyl adjacent to an activating group) is 1. The highest BCUT2D eigenvalue weighted by Crippen LogP contribution is 2.27. The van der Waals surface area contributed by atoms with Crippen molar-refractivity contribution in [2.75, 3.05) is 26.7 Å². The summed E-state index contributed by atoms with van der Waals surface area (Å²) in [5.41, 5.74) is 6.60. The maximum Gasteiger partial charge on any atom is 0.330 e. The Morgan fingerprint density at radius 2 is 1.53 bits per heavy atom. The molecule has 1 fully saturated rings.